The maximum atomic E-state index is 12.1. The Kier molecular flexibility index (Phi) is 8.04. The van der Waals surface area contributed by atoms with Gasteiger partial charge in [-0.05, 0) is 61.4 Å². The van der Waals surface area contributed by atoms with Gasteiger partial charge in [0.15, 0.2) is 6.61 Å². The zero-order chi connectivity index (χ0) is 16.9. The maximum absolute atomic E-state index is 12.1. The molecule has 136 valence electrons. The van der Waals surface area contributed by atoms with Crippen LogP contribution in [0.2, 0.25) is 0 Å². The van der Waals surface area contributed by atoms with Crippen molar-refractivity contribution >= 4 is 18.3 Å². The summed E-state index contributed by atoms with van der Waals surface area (Å²) >= 11 is 0. The smallest absolute Gasteiger partial charge is 0.257 e. The molecule has 1 saturated heterocycles. The van der Waals surface area contributed by atoms with Gasteiger partial charge in [-0.2, -0.15) is 0 Å². The summed E-state index contributed by atoms with van der Waals surface area (Å²) in [6, 6.07) is 6.18. The fourth-order valence-electron chi connectivity index (χ4n) is 2.96. The van der Waals surface area contributed by atoms with E-state index in [1.54, 1.807) is 0 Å². The van der Waals surface area contributed by atoms with E-state index >= 15 is 0 Å². The van der Waals surface area contributed by atoms with Crippen molar-refractivity contribution in [1.29, 1.82) is 0 Å². The Morgan fingerprint density at radius 1 is 1.33 bits per heavy atom. The number of aryl methyl sites for hydroxylation is 1. The average molecular weight is 355 g/mol. The predicted octanol–water partition coefficient (Wildman–Crippen LogP) is 3.42. The van der Waals surface area contributed by atoms with Crippen molar-refractivity contribution in [2.75, 3.05) is 26.2 Å². The van der Waals surface area contributed by atoms with Crippen LogP contribution in [0, 0.1) is 12.3 Å². The summed E-state index contributed by atoms with van der Waals surface area (Å²) in [7, 11) is 0. The molecular weight excluding hydrogens is 324 g/mol. The van der Waals surface area contributed by atoms with E-state index in [9.17, 15) is 4.79 Å². The summed E-state index contributed by atoms with van der Waals surface area (Å²) in [6.45, 7) is 11.4. The van der Waals surface area contributed by atoms with Crippen molar-refractivity contribution in [2.45, 2.75) is 46.5 Å². The number of benzene rings is 1. The predicted molar refractivity (Wildman–Crippen MR) is 101 cm³/mol. The molecule has 1 aliphatic rings. The Balaban J connectivity index is 0.00000288. The summed E-state index contributed by atoms with van der Waals surface area (Å²) in [6.07, 6.45) is 2.20. The number of hydrogen-bond acceptors (Lipinski definition) is 3. The molecule has 1 aromatic carbocycles. The van der Waals surface area contributed by atoms with Crippen molar-refractivity contribution in [1.82, 2.24) is 10.6 Å². The van der Waals surface area contributed by atoms with E-state index in [2.05, 4.69) is 43.5 Å². The molecule has 1 heterocycles. The molecule has 5 heteroatoms. The van der Waals surface area contributed by atoms with Crippen LogP contribution in [0.1, 0.15) is 50.7 Å². The minimum Gasteiger partial charge on any atom is -0.483 e. The fourth-order valence-corrected chi connectivity index (χ4v) is 2.96. The van der Waals surface area contributed by atoms with Gasteiger partial charge in [0.2, 0.25) is 0 Å². The zero-order valence-corrected chi connectivity index (χ0v) is 16.1. The molecule has 1 amide bonds. The highest BCUT2D eigenvalue weighted by Crippen LogP contribution is 2.28. The van der Waals surface area contributed by atoms with Crippen LogP contribution in [0.25, 0.3) is 0 Å². The van der Waals surface area contributed by atoms with Gasteiger partial charge in [0.05, 0.1) is 0 Å². The number of halogens is 1. The van der Waals surface area contributed by atoms with E-state index in [-0.39, 0.29) is 30.3 Å². The lowest BCUT2D eigenvalue weighted by Gasteiger charge is -2.34. The van der Waals surface area contributed by atoms with Crippen molar-refractivity contribution in [3.05, 3.63) is 29.3 Å². The van der Waals surface area contributed by atoms with Gasteiger partial charge in [-0.1, -0.05) is 32.9 Å². The quantitative estimate of drug-likeness (QED) is 0.822. The molecular formula is C19H31ClN2O2. The first-order valence-electron chi connectivity index (χ1n) is 8.60. The Labute approximate surface area is 152 Å². The van der Waals surface area contributed by atoms with E-state index in [1.165, 1.54) is 0 Å². The molecule has 0 radical (unpaired) electrons. The lowest BCUT2D eigenvalue weighted by Crippen LogP contribution is -2.43. The SMILES string of the molecule is Cc1ccc(C(C)C)c(OCC(=O)NCC2(C)CCNCC2)c1.Cl. The molecule has 1 aromatic rings. The highest BCUT2D eigenvalue weighted by Gasteiger charge is 2.27. The third-order valence-corrected chi connectivity index (χ3v) is 4.67. The Bertz CT molecular complexity index is 540. The number of carbonyl (C=O) groups is 1. The summed E-state index contributed by atoms with van der Waals surface area (Å²) in [5.74, 6) is 1.16. The molecule has 2 rings (SSSR count). The number of piperidine rings is 1. The first-order chi connectivity index (χ1) is 10.9. The number of ether oxygens (including phenoxy) is 1. The minimum atomic E-state index is -0.0408. The summed E-state index contributed by atoms with van der Waals surface area (Å²) in [4.78, 5) is 12.1. The lowest BCUT2D eigenvalue weighted by atomic mass is 9.81. The topological polar surface area (TPSA) is 50.4 Å². The van der Waals surface area contributed by atoms with Crippen LogP contribution in [-0.2, 0) is 4.79 Å². The largest absolute Gasteiger partial charge is 0.483 e. The number of carbonyl (C=O) groups excluding carboxylic acids is 1. The molecule has 1 aliphatic heterocycles. The average Bonchev–Trinajstić information content (AvgIpc) is 2.51. The third-order valence-electron chi connectivity index (χ3n) is 4.67. The van der Waals surface area contributed by atoms with Gasteiger partial charge in [-0.25, -0.2) is 0 Å². The van der Waals surface area contributed by atoms with Crippen LogP contribution in [0.3, 0.4) is 0 Å². The summed E-state index contributed by atoms with van der Waals surface area (Å²) in [5, 5.41) is 6.39. The van der Waals surface area contributed by atoms with Crippen LogP contribution in [0.4, 0.5) is 0 Å². The van der Waals surface area contributed by atoms with Crippen LogP contribution < -0.4 is 15.4 Å². The van der Waals surface area contributed by atoms with Crippen molar-refractivity contribution < 1.29 is 9.53 Å². The molecule has 0 aliphatic carbocycles. The molecule has 0 saturated carbocycles. The molecule has 1 fully saturated rings. The van der Waals surface area contributed by atoms with E-state index in [0.29, 0.717) is 5.92 Å². The highest BCUT2D eigenvalue weighted by molar-refractivity contribution is 5.85. The first kappa shape index (κ1) is 20.8. The summed E-state index contributed by atoms with van der Waals surface area (Å²) in [5.41, 5.74) is 2.49. The second kappa shape index (κ2) is 9.28. The van der Waals surface area contributed by atoms with Crippen molar-refractivity contribution in [3.8, 4) is 5.75 Å². The first-order valence-corrected chi connectivity index (χ1v) is 8.60. The molecule has 0 aromatic heterocycles. The van der Waals surface area contributed by atoms with E-state index < -0.39 is 0 Å². The van der Waals surface area contributed by atoms with Crippen LogP contribution >= 0.6 is 12.4 Å². The third kappa shape index (κ3) is 5.99. The standard InChI is InChI=1S/C19H30N2O2.ClH/c1-14(2)16-6-5-15(3)11-17(16)23-12-18(22)21-13-19(4)7-9-20-10-8-19;/h5-6,11,14,20H,7-10,12-13H2,1-4H3,(H,21,22);1H. The highest BCUT2D eigenvalue weighted by atomic mass is 35.5. The number of hydrogen-bond donors (Lipinski definition) is 2. The lowest BCUT2D eigenvalue weighted by molar-refractivity contribution is -0.123. The van der Waals surface area contributed by atoms with Crippen LogP contribution in [0.15, 0.2) is 18.2 Å². The molecule has 2 N–H and O–H groups in total. The van der Waals surface area contributed by atoms with Crippen LogP contribution in [-0.4, -0.2) is 32.1 Å². The Morgan fingerprint density at radius 3 is 2.62 bits per heavy atom. The van der Waals surface area contributed by atoms with E-state index in [1.807, 2.05) is 13.0 Å². The van der Waals surface area contributed by atoms with Crippen molar-refractivity contribution in [2.24, 2.45) is 5.41 Å². The van der Waals surface area contributed by atoms with Gasteiger partial charge in [0.25, 0.3) is 5.91 Å². The molecule has 4 nitrogen and oxygen atoms in total. The molecule has 0 bridgehead atoms. The zero-order valence-electron chi connectivity index (χ0n) is 15.3. The second-order valence-electron chi connectivity index (χ2n) is 7.32. The van der Waals surface area contributed by atoms with Gasteiger partial charge in [0.1, 0.15) is 5.75 Å². The normalized spacial score (nSPS) is 16.4. The van der Waals surface area contributed by atoms with Crippen molar-refractivity contribution in [3.63, 3.8) is 0 Å². The molecule has 0 spiro atoms. The van der Waals surface area contributed by atoms with E-state index in [4.69, 9.17) is 4.74 Å². The van der Waals surface area contributed by atoms with Crippen LogP contribution in [0.5, 0.6) is 5.75 Å². The monoisotopic (exact) mass is 354 g/mol. The fraction of sp³-hybridized carbons (Fsp3) is 0.632. The molecule has 0 atom stereocenters. The minimum absolute atomic E-state index is 0. The van der Waals surface area contributed by atoms with Gasteiger partial charge >= 0.3 is 0 Å². The van der Waals surface area contributed by atoms with Gasteiger partial charge in [-0.15, -0.1) is 12.4 Å². The number of amides is 1. The number of nitrogens with one attached hydrogen (secondary N) is 2. The Morgan fingerprint density at radius 2 is 2.00 bits per heavy atom. The summed E-state index contributed by atoms with van der Waals surface area (Å²) < 4.78 is 5.79. The Hall–Kier alpha value is -1.26. The molecule has 0 unspecified atom stereocenters. The van der Waals surface area contributed by atoms with Gasteiger partial charge in [0, 0.05) is 6.54 Å². The van der Waals surface area contributed by atoms with Gasteiger partial charge < -0.3 is 15.4 Å². The maximum Gasteiger partial charge on any atom is 0.257 e. The number of rotatable bonds is 6. The molecule has 24 heavy (non-hydrogen) atoms. The van der Waals surface area contributed by atoms with Gasteiger partial charge in [-0.3, -0.25) is 4.79 Å². The second-order valence-corrected chi connectivity index (χ2v) is 7.32. The van der Waals surface area contributed by atoms with E-state index in [0.717, 1.165) is 49.4 Å².